The van der Waals surface area contributed by atoms with E-state index in [-0.39, 0.29) is 81.9 Å². The summed E-state index contributed by atoms with van der Waals surface area (Å²) in [5.74, 6) is -23.2. The first-order chi connectivity index (χ1) is 57.8. The Balaban J connectivity index is 1.19. The zero-order valence-electron chi connectivity index (χ0n) is 66.5. The molecule has 122 heavy (non-hydrogen) atoms. The Morgan fingerprint density at radius 3 is 1.44 bits per heavy atom. The summed E-state index contributed by atoms with van der Waals surface area (Å²) in [5, 5.41) is 116. The van der Waals surface area contributed by atoms with Crippen molar-refractivity contribution in [3.8, 4) is 11.5 Å². The number of carbonyl (C=O) groups is 17. The summed E-state index contributed by atoms with van der Waals surface area (Å²) in [6.45, 7) is 1.91. The van der Waals surface area contributed by atoms with Crippen LogP contribution in [0, 0.1) is 11.3 Å². The monoisotopic (exact) mass is 1720 g/mol. The van der Waals surface area contributed by atoms with Crippen LogP contribution in [0.25, 0.3) is 10.9 Å². The van der Waals surface area contributed by atoms with Crippen LogP contribution in [0.15, 0.2) is 109 Å². The fourth-order valence-electron chi connectivity index (χ4n) is 13.1. The van der Waals surface area contributed by atoms with Crippen molar-refractivity contribution < 1.29 is 122 Å². The van der Waals surface area contributed by atoms with Gasteiger partial charge in [0.1, 0.15) is 84.0 Å². The van der Waals surface area contributed by atoms with Crippen molar-refractivity contribution in [3.63, 3.8) is 0 Å². The van der Waals surface area contributed by atoms with E-state index in [1.165, 1.54) is 54.7 Å². The maximum atomic E-state index is 14.9. The number of nitrogens with two attached hydrogens (primary N) is 2. The maximum Gasteiger partial charge on any atom is 0.326 e. The normalized spacial score (nSPS) is 15.3. The number of aliphatic carboxylic acids is 5. The van der Waals surface area contributed by atoms with Gasteiger partial charge in [-0.2, -0.15) is 12.6 Å². The number of thiol groups is 1. The van der Waals surface area contributed by atoms with Crippen LogP contribution in [0.4, 0.5) is 0 Å². The predicted molar refractivity (Wildman–Crippen MR) is 435 cm³/mol. The van der Waals surface area contributed by atoms with Crippen LogP contribution in [-0.2, 0) is 107 Å². The van der Waals surface area contributed by atoms with Crippen LogP contribution >= 0.6 is 12.6 Å². The van der Waals surface area contributed by atoms with Gasteiger partial charge >= 0.3 is 29.8 Å². The highest BCUT2D eigenvalue weighted by molar-refractivity contribution is 7.80. The molecule has 26 N–H and O–H groups in total. The van der Waals surface area contributed by atoms with Crippen LogP contribution in [0.2, 0.25) is 0 Å². The number of phenolic OH excluding ortho intramolecular Hbond substituents is 2. The van der Waals surface area contributed by atoms with E-state index in [0.29, 0.717) is 33.2 Å². The third-order valence-corrected chi connectivity index (χ3v) is 19.7. The lowest BCUT2D eigenvalue weighted by molar-refractivity contribution is -0.148. The average molecular weight is 1720 g/mol. The van der Waals surface area contributed by atoms with Crippen molar-refractivity contribution in [1.29, 1.82) is 5.41 Å². The van der Waals surface area contributed by atoms with E-state index in [1.54, 1.807) is 68.4 Å². The maximum absolute atomic E-state index is 14.9. The van der Waals surface area contributed by atoms with Gasteiger partial charge in [0.25, 0.3) is 0 Å². The number of aromatic hydroxyl groups is 2. The number of aliphatic hydroxyl groups excluding tert-OH is 1. The lowest BCUT2D eigenvalue weighted by Gasteiger charge is -2.31. The molecule has 1 saturated heterocycles. The van der Waals surface area contributed by atoms with Gasteiger partial charge in [-0.1, -0.05) is 86.6 Å². The number of guanidine groups is 1. The first kappa shape index (κ1) is 97.4. The highest BCUT2D eigenvalue weighted by Gasteiger charge is 2.42. The van der Waals surface area contributed by atoms with E-state index < -0.39 is 243 Å². The molecule has 12 amide bonds. The molecule has 1 aliphatic rings. The smallest absolute Gasteiger partial charge is 0.326 e. The zero-order chi connectivity index (χ0) is 90.0. The van der Waals surface area contributed by atoms with Gasteiger partial charge in [0, 0.05) is 68.0 Å². The Labute approximate surface area is 703 Å². The number of nitrogens with one attached hydrogen (secondary N) is 14. The minimum Gasteiger partial charge on any atom is -0.508 e. The predicted octanol–water partition coefficient (Wildman–Crippen LogP) is -3.50. The molecule has 0 saturated carbocycles. The van der Waals surface area contributed by atoms with E-state index in [4.69, 9.17) is 16.9 Å². The summed E-state index contributed by atoms with van der Waals surface area (Å²) in [6.07, 6.45) is -4.95. The van der Waals surface area contributed by atoms with E-state index in [0.717, 1.165) is 4.90 Å². The standard InChI is InChI=1S/C79H103N17O25S/c1-40(2)30-53(69(111)87-52(25-27-63(102)103)77(119)96-29-9-15-61(96)76(118)92-56(34-44-37-84-49-13-7-6-12-47(44)49)72(114)91-57(35-64(104)105)73(115)93-58(78(120)121)36-65(106)107)88-74(116)59(38-97)94-75(117)60(39-122)95-68(110)51(24-26-62(100)101)86-70(112)54(32-42-16-20-45(98)21-17-42)90-71(113)55(33-43-18-22-46(99)23-19-43)89-67(109)50(14-8-28-83-79(81)82)85-66(108)48(80)31-41-10-4-3-5-11-41/h3-7,10-13,16-23,37,40,48,50-61,84,97-99,122H,8-9,14-15,24-36,38-39,80H2,1-2H3,(H,85,108)(H,86,112)(H,87,111)(H,88,116)(H,89,109)(H,90,113)(H,91,114)(H,92,118)(H,93,115)(H,94,117)(H,95,110)(H,100,101)(H,102,103)(H,104,105)(H,106,107)(H,120,121)(H4,81,82,83)/t48-,50-,51-,52-,53-,54-,55-,56-,57-,58-,59-,60-,61-/m0/s1. The minimum atomic E-state index is -2.08. The quantitative estimate of drug-likeness (QED) is 0.00777. The number of carboxylic acid groups (broad SMARTS) is 5. The molecule has 43 heteroatoms. The number of carbonyl (C=O) groups excluding carboxylic acids is 12. The molecule has 13 atom stereocenters. The van der Waals surface area contributed by atoms with Gasteiger partial charge in [0.2, 0.25) is 70.9 Å². The molecular formula is C79H103N17O25S. The Kier molecular flexibility index (Phi) is 38.3. The molecule has 0 unspecified atom stereocenters. The highest BCUT2D eigenvalue weighted by Crippen LogP contribution is 2.24. The number of benzene rings is 4. The molecule has 0 radical (unpaired) electrons. The zero-order valence-corrected chi connectivity index (χ0v) is 67.4. The van der Waals surface area contributed by atoms with Crippen LogP contribution in [0.1, 0.15) is 107 Å². The fraction of sp³-hybridized carbons (Fsp3) is 0.443. The number of rotatable bonds is 50. The number of fused-ring (bicyclic) bond motifs is 1. The second-order valence-corrected chi connectivity index (χ2v) is 29.7. The first-order valence-corrected chi connectivity index (χ1v) is 39.4. The largest absolute Gasteiger partial charge is 0.508 e. The second-order valence-electron chi connectivity index (χ2n) is 29.3. The second kappa shape index (κ2) is 48.0. The van der Waals surface area contributed by atoms with E-state index in [9.17, 15) is 122 Å². The number of hydrogen-bond donors (Lipinski definition) is 25. The van der Waals surface area contributed by atoms with Gasteiger partial charge in [0.05, 0.1) is 25.5 Å². The fourth-order valence-corrected chi connectivity index (χ4v) is 13.3. The molecule has 1 fully saturated rings. The van der Waals surface area contributed by atoms with Crippen LogP contribution in [0.5, 0.6) is 11.5 Å². The molecule has 5 aromatic rings. The third kappa shape index (κ3) is 31.7. The van der Waals surface area contributed by atoms with Crippen molar-refractivity contribution in [2.24, 2.45) is 17.4 Å². The van der Waals surface area contributed by atoms with Gasteiger partial charge < -0.3 is 126 Å². The lowest BCUT2D eigenvalue weighted by atomic mass is 10.0. The number of amides is 12. The Morgan fingerprint density at radius 2 is 0.910 bits per heavy atom. The van der Waals surface area contributed by atoms with Gasteiger partial charge in [-0.3, -0.25) is 82.1 Å². The number of aliphatic hydroxyl groups is 1. The van der Waals surface area contributed by atoms with E-state index >= 15 is 0 Å². The first-order valence-electron chi connectivity index (χ1n) is 38.8. The van der Waals surface area contributed by atoms with Gasteiger partial charge in [-0.05, 0) is 110 Å². The minimum absolute atomic E-state index is 0.0672. The molecule has 2 heterocycles. The number of phenols is 2. The Bertz CT molecular complexity index is 4560. The number of aromatic amines is 1. The molecule has 0 aliphatic carbocycles. The van der Waals surface area contributed by atoms with E-state index in [2.05, 4.69) is 76.1 Å². The number of nitrogens with zero attached hydrogens (tertiary/aromatic N) is 1. The number of carboxylic acids is 5. The van der Waals surface area contributed by atoms with Crippen molar-refractivity contribution in [2.75, 3.05) is 25.4 Å². The van der Waals surface area contributed by atoms with Crippen molar-refractivity contribution >= 4 is 130 Å². The number of H-pyrrole nitrogens is 1. The summed E-state index contributed by atoms with van der Waals surface area (Å²) in [6, 6.07) is 3.93. The number of para-hydroxylation sites is 1. The molecule has 42 nitrogen and oxygen atoms in total. The Hall–Kier alpha value is -13.5. The van der Waals surface area contributed by atoms with Crippen molar-refractivity contribution in [3.05, 3.63) is 132 Å². The third-order valence-electron chi connectivity index (χ3n) is 19.4. The van der Waals surface area contributed by atoms with Gasteiger partial charge in [-0.15, -0.1) is 0 Å². The summed E-state index contributed by atoms with van der Waals surface area (Å²) in [7, 11) is 0. The SMILES string of the molecule is CC(C)C[C@H](NC(=O)[C@H](CO)NC(=O)[C@H](CS)NC(=O)[C@H](CCC(=O)O)NC(=O)[C@H](Cc1ccc(O)cc1)NC(=O)[C@H](Cc1ccc(O)cc1)NC(=O)[C@H](CCCNC(=N)N)NC(=O)[C@@H](N)Cc1ccccc1)C(=O)N[C@@H](CCC(=O)O)C(=O)N1CCC[C@H]1C(=O)N[C@@H](Cc1c[nH]c2ccccc12)C(=O)N[C@@H](CC(=O)O)C(=O)N[C@@H](CC(=O)O)C(=O)O. The Morgan fingerprint density at radius 1 is 0.484 bits per heavy atom. The number of aromatic nitrogens is 1. The van der Waals surface area contributed by atoms with E-state index in [1.807, 2.05) is 5.32 Å². The van der Waals surface area contributed by atoms with Crippen molar-refractivity contribution in [1.82, 2.24) is 73.7 Å². The average Bonchev–Trinajstić information content (AvgIpc) is 1.63. The number of hydrogen-bond acceptors (Lipinski definition) is 23. The molecule has 1 aromatic heterocycles. The highest BCUT2D eigenvalue weighted by atomic mass is 32.1. The molecule has 6 rings (SSSR count). The lowest BCUT2D eigenvalue weighted by Crippen LogP contribution is -2.61. The summed E-state index contributed by atoms with van der Waals surface area (Å²) >= 11 is 4.21. The van der Waals surface area contributed by atoms with Gasteiger partial charge in [-0.25, -0.2) is 4.79 Å². The molecule has 660 valence electrons. The van der Waals surface area contributed by atoms with Gasteiger partial charge in [0.15, 0.2) is 5.96 Å². The summed E-state index contributed by atoms with van der Waals surface area (Å²) in [4.78, 5) is 236. The van der Waals surface area contributed by atoms with Crippen molar-refractivity contribution in [2.45, 2.75) is 189 Å². The molecule has 0 spiro atoms. The summed E-state index contributed by atoms with van der Waals surface area (Å²) in [5.41, 5.74) is 14.1. The van der Waals surface area contributed by atoms with Crippen LogP contribution in [-0.4, -0.2) is 261 Å². The molecular weight excluding hydrogens is 1620 g/mol. The molecule has 0 bridgehead atoms. The topological polar surface area (TPSA) is 691 Å². The van der Waals surface area contributed by atoms with Crippen LogP contribution in [0.3, 0.4) is 0 Å². The number of likely N-dealkylation sites (tertiary alicyclic amines) is 1. The molecule has 1 aliphatic heterocycles. The van der Waals surface area contributed by atoms with Crippen LogP contribution < -0.4 is 75.3 Å². The summed E-state index contributed by atoms with van der Waals surface area (Å²) < 4.78 is 0. The molecule has 4 aromatic carbocycles.